The summed E-state index contributed by atoms with van der Waals surface area (Å²) in [4.78, 5) is 0. The van der Waals surface area contributed by atoms with Crippen LogP contribution in [0.5, 0.6) is 0 Å². The second kappa shape index (κ2) is 12.5. The zero-order valence-corrected chi connectivity index (χ0v) is 29.3. The highest BCUT2D eigenvalue weighted by molar-refractivity contribution is 6.17. The zero-order valence-electron chi connectivity index (χ0n) is 51.3. The van der Waals surface area contributed by atoms with Gasteiger partial charge in [0.1, 0.15) is 0 Å². The Morgan fingerprint density at radius 1 is 0.281 bits per heavy atom. The Labute approximate surface area is 360 Å². The van der Waals surface area contributed by atoms with Gasteiger partial charge in [0.15, 0.2) is 0 Å². The fraction of sp³-hybridized carbons (Fsp3) is 0. The summed E-state index contributed by atoms with van der Waals surface area (Å²) in [6, 6.07) is 6.69. The molecule has 12 aromatic rings. The van der Waals surface area contributed by atoms with Gasteiger partial charge in [0, 0.05) is 38.0 Å². The van der Waals surface area contributed by atoms with Crippen molar-refractivity contribution in [3.63, 3.8) is 0 Å². The summed E-state index contributed by atoms with van der Waals surface area (Å²) < 4.78 is 206. The van der Waals surface area contributed by atoms with E-state index in [1.54, 1.807) is 24.3 Å². The molecule has 0 aliphatic carbocycles. The molecule has 0 saturated carbocycles. The average Bonchev–Trinajstić information content (AvgIpc) is 4.06. The van der Waals surface area contributed by atoms with E-state index in [-0.39, 0.29) is 27.5 Å². The van der Waals surface area contributed by atoms with Crippen molar-refractivity contribution in [2.45, 2.75) is 0 Å². The Hall–Kier alpha value is -7.62. The maximum absolute atomic E-state index is 9.96. The summed E-state index contributed by atoms with van der Waals surface area (Å²) in [7, 11) is 0. The smallest absolute Gasteiger partial charge is 0.0783 e. The number of aromatic nitrogens is 3. The molecule has 57 heavy (non-hydrogen) atoms. The van der Waals surface area contributed by atoms with Crippen molar-refractivity contribution < 1.29 is 30.2 Å². The summed E-state index contributed by atoms with van der Waals surface area (Å²) in [6.07, 6.45) is 0. The lowest BCUT2D eigenvalue weighted by atomic mass is 10.0. The Morgan fingerprint density at radius 2 is 0.632 bits per heavy atom. The van der Waals surface area contributed by atoms with E-state index in [1.807, 2.05) is 54.6 Å². The quantitative estimate of drug-likeness (QED) is 0.167. The summed E-state index contributed by atoms with van der Waals surface area (Å²) in [5.41, 5.74) is -0.317. The Bertz CT molecular complexity index is 4700. The molecule has 3 heteroatoms. The third-order valence-corrected chi connectivity index (χ3v) is 10.3. The molecule has 0 fully saturated rings. The first-order valence-electron chi connectivity index (χ1n) is 28.8. The van der Waals surface area contributed by atoms with Gasteiger partial charge in [-0.2, -0.15) is 0 Å². The van der Waals surface area contributed by atoms with E-state index in [4.69, 9.17) is 13.7 Å². The van der Waals surface area contributed by atoms with E-state index in [2.05, 4.69) is 0 Å². The highest BCUT2D eigenvalue weighted by Crippen LogP contribution is 2.43. The Balaban J connectivity index is 1.33. The number of para-hydroxylation sites is 6. The first-order valence-corrected chi connectivity index (χ1v) is 17.8. The molecule has 0 aliphatic rings. The molecular formula is C54H35N3. The fourth-order valence-corrected chi connectivity index (χ4v) is 7.85. The van der Waals surface area contributed by atoms with E-state index in [0.29, 0.717) is 5.56 Å². The number of hydrogen-bond acceptors (Lipinski definition) is 0. The number of hydrogen-bond donors (Lipinski definition) is 0. The first kappa shape index (κ1) is 17.0. The first-order chi connectivity index (χ1) is 37.5. The second-order valence-electron chi connectivity index (χ2n) is 13.3. The van der Waals surface area contributed by atoms with Gasteiger partial charge < -0.3 is 13.7 Å². The van der Waals surface area contributed by atoms with Crippen LogP contribution in [0.15, 0.2) is 212 Å². The summed E-state index contributed by atoms with van der Waals surface area (Å²) in [5.74, 6) is 0. The summed E-state index contributed by atoms with van der Waals surface area (Å²) in [6.45, 7) is 0. The van der Waals surface area contributed by atoms with Crippen molar-refractivity contribution in [3.05, 3.63) is 212 Å². The molecule has 9 aromatic carbocycles. The monoisotopic (exact) mass is 747 g/mol. The maximum Gasteiger partial charge on any atom is 0.0783 e. The molecule has 0 N–H and O–H groups in total. The molecule has 3 heterocycles. The van der Waals surface area contributed by atoms with Gasteiger partial charge in [-0.25, -0.2) is 0 Å². The normalized spacial score (nSPS) is 17.3. The van der Waals surface area contributed by atoms with Crippen molar-refractivity contribution in [1.29, 1.82) is 0 Å². The van der Waals surface area contributed by atoms with Gasteiger partial charge in [-0.05, 0) is 70.6 Å². The lowest BCUT2D eigenvalue weighted by Crippen LogP contribution is -2.03. The van der Waals surface area contributed by atoms with Gasteiger partial charge in [0.25, 0.3) is 0 Å². The predicted molar refractivity (Wildman–Crippen MR) is 240 cm³/mol. The SMILES string of the molecule is [2H]c1c([2H])c([2H])c2c(c1[2H])c1c([2H])c([2H])c([2H])c(-n3c4c([2H])c([2H])c([2H])c([2H])c4c4c([2H])c([2H])c([2H])c(-n5c6c([2H])c([2H])c([2H])c([2H])c6c6c([2H])c([2H])c([2H])c([2H])c65)c43)c1n2-c1ccc(-c2ccc(-c3ccccc3)cc2)cc1. The van der Waals surface area contributed by atoms with Crippen LogP contribution >= 0.6 is 0 Å². The fourth-order valence-electron chi connectivity index (χ4n) is 7.85. The van der Waals surface area contributed by atoms with Crippen LogP contribution in [0.2, 0.25) is 0 Å². The molecule has 3 nitrogen and oxygen atoms in total. The predicted octanol–water partition coefficient (Wildman–Crippen LogP) is 14.3. The molecule has 266 valence electrons. The van der Waals surface area contributed by atoms with Crippen LogP contribution in [0.3, 0.4) is 0 Å². The van der Waals surface area contributed by atoms with Crippen molar-refractivity contribution in [2.24, 2.45) is 0 Å². The van der Waals surface area contributed by atoms with E-state index >= 15 is 0 Å². The molecule has 0 spiro atoms. The van der Waals surface area contributed by atoms with Crippen LogP contribution in [0.4, 0.5) is 0 Å². The molecule has 12 rings (SSSR count). The average molecular weight is 748 g/mol. The van der Waals surface area contributed by atoms with Crippen LogP contribution < -0.4 is 0 Å². The van der Waals surface area contributed by atoms with Crippen molar-refractivity contribution in [3.8, 4) is 39.3 Å². The third kappa shape index (κ3) is 4.73. The van der Waals surface area contributed by atoms with Crippen LogP contribution in [0, 0.1) is 0 Å². The van der Waals surface area contributed by atoms with E-state index in [0.717, 1.165) is 25.8 Å². The van der Waals surface area contributed by atoms with Crippen molar-refractivity contribution in [1.82, 2.24) is 13.7 Å². The van der Waals surface area contributed by atoms with Crippen molar-refractivity contribution in [2.75, 3.05) is 0 Å². The van der Waals surface area contributed by atoms with E-state index in [1.165, 1.54) is 4.57 Å². The van der Waals surface area contributed by atoms with Gasteiger partial charge in [-0.3, -0.25) is 0 Å². The minimum atomic E-state index is -0.922. The lowest BCUT2D eigenvalue weighted by molar-refractivity contribution is 1.11. The second-order valence-corrected chi connectivity index (χ2v) is 13.3. The Morgan fingerprint density at radius 3 is 1.14 bits per heavy atom. The largest absolute Gasteiger partial charge is 0.307 e. The van der Waals surface area contributed by atoms with Crippen LogP contribution in [0.1, 0.15) is 30.2 Å². The number of nitrogens with zero attached hydrogens (tertiary/aromatic N) is 3. The van der Waals surface area contributed by atoms with Gasteiger partial charge in [0.05, 0.1) is 74.6 Å². The molecule has 3 aromatic heterocycles. The van der Waals surface area contributed by atoms with E-state index < -0.39 is 188 Å². The van der Waals surface area contributed by atoms with Gasteiger partial charge in [-0.1, -0.05) is 163 Å². The standard InChI is InChI=1S/C54H35N3/c1-2-14-36(15-3-1)37-28-30-38(31-29-37)39-32-34-40(35-33-39)55-47-22-8-6-18-43(47)45-20-13-27-52(53(45)55)57-50-25-11-7-19-44(50)46-21-12-26-51(54(46)57)56-48-23-9-4-16-41(48)42-17-5-10-24-49(42)56/h1-35H/i4D,5D,6D,7D,8D,9D,10D,11D,12D,13D,16D,17D,18D,19D,20D,21D,22D,23D,24D,25D,26D,27D. The Kier molecular flexibility index (Phi) is 3.72. The van der Waals surface area contributed by atoms with Gasteiger partial charge >= 0.3 is 0 Å². The van der Waals surface area contributed by atoms with Gasteiger partial charge in [-0.15, -0.1) is 0 Å². The molecule has 0 unspecified atom stereocenters. The van der Waals surface area contributed by atoms with E-state index in [9.17, 15) is 16.4 Å². The van der Waals surface area contributed by atoms with Crippen molar-refractivity contribution >= 4 is 65.4 Å². The minimum absolute atomic E-state index is 0.167. The highest BCUT2D eigenvalue weighted by atomic mass is 15.1. The highest BCUT2D eigenvalue weighted by Gasteiger charge is 2.23. The third-order valence-electron chi connectivity index (χ3n) is 10.3. The molecule has 0 amide bonds. The number of rotatable bonds is 5. The minimum Gasteiger partial charge on any atom is -0.307 e. The molecule has 0 radical (unpaired) electrons. The zero-order chi connectivity index (χ0) is 56.6. The van der Waals surface area contributed by atoms with Crippen LogP contribution in [0.25, 0.3) is 105 Å². The van der Waals surface area contributed by atoms with Gasteiger partial charge in [0.2, 0.25) is 0 Å². The maximum atomic E-state index is 9.96. The summed E-state index contributed by atoms with van der Waals surface area (Å²) in [5, 5.41) is -2.47. The molecule has 0 atom stereocenters. The summed E-state index contributed by atoms with van der Waals surface area (Å²) >= 11 is 0. The lowest BCUT2D eigenvalue weighted by Gasteiger charge is -2.17. The number of benzene rings is 9. The topological polar surface area (TPSA) is 14.8 Å². The molecule has 0 aliphatic heterocycles. The van der Waals surface area contributed by atoms with Crippen LogP contribution in [-0.4, -0.2) is 13.7 Å². The van der Waals surface area contributed by atoms with Crippen LogP contribution in [-0.2, 0) is 0 Å². The number of fused-ring (bicyclic) bond motifs is 9. The molecule has 0 bridgehead atoms. The molecular weight excluding hydrogens is 691 g/mol. The molecule has 0 saturated heterocycles.